The summed E-state index contributed by atoms with van der Waals surface area (Å²) in [6.45, 7) is 4.08. The van der Waals surface area contributed by atoms with Gasteiger partial charge in [-0.2, -0.15) is 0 Å². The number of pyridine rings is 1. The predicted molar refractivity (Wildman–Crippen MR) is 118 cm³/mol. The Morgan fingerprint density at radius 1 is 1.07 bits per heavy atom. The van der Waals surface area contributed by atoms with E-state index in [2.05, 4.69) is 50.8 Å². The monoisotopic (exact) mass is 392 g/mol. The summed E-state index contributed by atoms with van der Waals surface area (Å²) in [5.41, 5.74) is 4.02. The molecule has 0 amide bonds. The molecule has 1 aromatic carbocycles. The lowest BCUT2D eigenvalue weighted by Crippen LogP contribution is -2.35. The van der Waals surface area contributed by atoms with Crippen molar-refractivity contribution in [3.05, 3.63) is 48.3 Å². The lowest BCUT2D eigenvalue weighted by Gasteiger charge is -2.34. The quantitative estimate of drug-likeness (QED) is 0.782. The fraction of sp³-hybridized carbons (Fsp3) is 0.542. The van der Waals surface area contributed by atoms with Crippen LogP contribution in [-0.2, 0) is 6.42 Å². The van der Waals surface area contributed by atoms with Crippen LogP contribution in [0, 0.1) is 5.92 Å². The zero-order chi connectivity index (χ0) is 19.5. The topological polar surface area (TPSA) is 49.4 Å². The van der Waals surface area contributed by atoms with Crippen LogP contribution in [0.3, 0.4) is 0 Å². The summed E-state index contributed by atoms with van der Waals surface area (Å²) in [5.74, 6) is 1.70. The molecule has 2 N–H and O–H groups in total. The summed E-state index contributed by atoms with van der Waals surface area (Å²) in [5, 5.41) is 7.21. The summed E-state index contributed by atoms with van der Waals surface area (Å²) in [6, 6.07) is 12.0. The maximum atomic E-state index is 6.00. The number of aromatic nitrogens is 1. The Labute approximate surface area is 173 Å². The van der Waals surface area contributed by atoms with Crippen LogP contribution < -0.4 is 20.3 Å². The van der Waals surface area contributed by atoms with E-state index in [1.54, 1.807) is 0 Å². The second-order valence-corrected chi connectivity index (χ2v) is 8.85. The van der Waals surface area contributed by atoms with Crippen molar-refractivity contribution in [3.63, 3.8) is 0 Å². The van der Waals surface area contributed by atoms with E-state index in [-0.39, 0.29) is 0 Å². The van der Waals surface area contributed by atoms with Crippen LogP contribution >= 0.6 is 0 Å². The minimum Gasteiger partial charge on any atom is -0.490 e. The third kappa shape index (κ3) is 4.50. The van der Waals surface area contributed by atoms with Gasteiger partial charge < -0.3 is 20.3 Å². The molecular formula is C24H32N4O. The second kappa shape index (κ2) is 8.62. The standard InChI is InChI=1S/C24H32N4O/c1-2-6-24-19(4-1)13-21(27-24)12-18-7-10-28(11-8-18)22-14-23(16-25-15-22)29-17-20-5-3-9-26-20/h1-2,4,6,14-16,18,20-21,26-27H,3,5,7-13,17H2/t20-,21+/m0/s1. The van der Waals surface area contributed by atoms with E-state index in [0.29, 0.717) is 12.1 Å². The number of ether oxygens (including phenoxy) is 1. The van der Waals surface area contributed by atoms with E-state index < -0.39 is 0 Å². The number of hydrogen-bond donors (Lipinski definition) is 2. The maximum absolute atomic E-state index is 6.00. The predicted octanol–water partition coefficient (Wildman–Crippen LogP) is 3.86. The number of fused-ring (bicyclic) bond motifs is 1. The molecule has 5 heteroatoms. The summed E-state index contributed by atoms with van der Waals surface area (Å²) in [7, 11) is 0. The van der Waals surface area contributed by atoms with Crippen LogP contribution in [0.1, 0.15) is 37.7 Å². The molecule has 2 atom stereocenters. The van der Waals surface area contributed by atoms with Gasteiger partial charge in [0.05, 0.1) is 18.1 Å². The highest BCUT2D eigenvalue weighted by molar-refractivity contribution is 5.56. The van der Waals surface area contributed by atoms with E-state index >= 15 is 0 Å². The third-order valence-electron chi connectivity index (χ3n) is 6.75. The van der Waals surface area contributed by atoms with Gasteiger partial charge in [-0.3, -0.25) is 4.98 Å². The highest BCUT2D eigenvalue weighted by Crippen LogP contribution is 2.32. The normalized spacial score (nSPS) is 24.3. The summed E-state index contributed by atoms with van der Waals surface area (Å²) < 4.78 is 6.00. The van der Waals surface area contributed by atoms with Crippen molar-refractivity contribution in [2.45, 2.75) is 50.6 Å². The number of para-hydroxylation sites is 1. The van der Waals surface area contributed by atoms with Gasteiger partial charge in [-0.25, -0.2) is 0 Å². The zero-order valence-electron chi connectivity index (χ0n) is 17.1. The van der Waals surface area contributed by atoms with Gasteiger partial charge in [0, 0.05) is 36.9 Å². The first-order valence-electron chi connectivity index (χ1n) is 11.2. The molecule has 2 fully saturated rings. The molecule has 5 nitrogen and oxygen atoms in total. The van der Waals surface area contributed by atoms with Crippen LogP contribution in [0.25, 0.3) is 0 Å². The fourth-order valence-corrected chi connectivity index (χ4v) is 5.10. The molecule has 29 heavy (non-hydrogen) atoms. The number of nitrogens with zero attached hydrogens (tertiary/aromatic N) is 2. The number of anilines is 2. The second-order valence-electron chi connectivity index (χ2n) is 8.85. The first-order valence-corrected chi connectivity index (χ1v) is 11.2. The molecule has 0 spiro atoms. The molecule has 1 aromatic heterocycles. The SMILES string of the molecule is c1ccc2c(c1)C[C@@H](CC1CCN(c3cncc(OC[C@@H]4CCCN4)c3)CC1)N2. The van der Waals surface area contributed by atoms with E-state index in [4.69, 9.17) is 4.74 Å². The molecule has 2 aromatic rings. The van der Waals surface area contributed by atoms with Crippen LogP contribution in [0.15, 0.2) is 42.7 Å². The van der Waals surface area contributed by atoms with Crippen LogP contribution in [0.4, 0.5) is 11.4 Å². The van der Waals surface area contributed by atoms with Gasteiger partial charge in [0.25, 0.3) is 0 Å². The van der Waals surface area contributed by atoms with Gasteiger partial charge >= 0.3 is 0 Å². The average molecular weight is 393 g/mol. The van der Waals surface area contributed by atoms with E-state index in [0.717, 1.165) is 37.9 Å². The van der Waals surface area contributed by atoms with Gasteiger partial charge in [-0.05, 0) is 62.6 Å². The number of hydrogen-bond acceptors (Lipinski definition) is 5. The smallest absolute Gasteiger partial charge is 0.139 e. The lowest BCUT2D eigenvalue weighted by molar-refractivity contribution is 0.276. The maximum Gasteiger partial charge on any atom is 0.139 e. The molecule has 4 heterocycles. The van der Waals surface area contributed by atoms with Crippen molar-refractivity contribution in [3.8, 4) is 5.75 Å². The van der Waals surface area contributed by atoms with Gasteiger partial charge in [-0.1, -0.05) is 18.2 Å². The van der Waals surface area contributed by atoms with Crippen LogP contribution in [-0.4, -0.2) is 43.3 Å². The summed E-state index contributed by atoms with van der Waals surface area (Å²) >= 11 is 0. The van der Waals surface area contributed by atoms with Crippen molar-refractivity contribution in [2.24, 2.45) is 5.92 Å². The molecule has 3 aliphatic heterocycles. The summed E-state index contributed by atoms with van der Waals surface area (Å²) in [6.07, 6.45) is 11.3. The van der Waals surface area contributed by atoms with E-state index in [1.807, 2.05) is 12.4 Å². The molecular weight excluding hydrogens is 360 g/mol. The molecule has 0 unspecified atom stereocenters. The molecule has 0 bridgehead atoms. The molecule has 0 aliphatic carbocycles. The van der Waals surface area contributed by atoms with Crippen molar-refractivity contribution in [1.29, 1.82) is 0 Å². The van der Waals surface area contributed by atoms with Gasteiger partial charge in [0.1, 0.15) is 12.4 Å². The first-order chi connectivity index (χ1) is 14.3. The van der Waals surface area contributed by atoms with Crippen LogP contribution in [0.2, 0.25) is 0 Å². The van der Waals surface area contributed by atoms with Crippen molar-refractivity contribution < 1.29 is 4.74 Å². The van der Waals surface area contributed by atoms with Crippen molar-refractivity contribution in [1.82, 2.24) is 10.3 Å². The highest BCUT2D eigenvalue weighted by atomic mass is 16.5. The van der Waals surface area contributed by atoms with Crippen molar-refractivity contribution in [2.75, 3.05) is 36.5 Å². The Balaban J connectivity index is 1.11. The number of piperidine rings is 1. The molecule has 5 rings (SSSR count). The van der Waals surface area contributed by atoms with E-state index in [1.165, 1.54) is 55.5 Å². The van der Waals surface area contributed by atoms with Crippen LogP contribution in [0.5, 0.6) is 5.75 Å². The number of nitrogens with one attached hydrogen (secondary N) is 2. The molecule has 154 valence electrons. The molecule has 3 aliphatic rings. The first kappa shape index (κ1) is 18.7. The Bertz CT molecular complexity index is 787. The zero-order valence-corrected chi connectivity index (χ0v) is 17.1. The van der Waals surface area contributed by atoms with E-state index in [9.17, 15) is 0 Å². The fourth-order valence-electron chi connectivity index (χ4n) is 5.10. The van der Waals surface area contributed by atoms with Gasteiger partial charge in [-0.15, -0.1) is 0 Å². The molecule has 0 saturated carbocycles. The Morgan fingerprint density at radius 3 is 2.79 bits per heavy atom. The third-order valence-corrected chi connectivity index (χ3v) is 6.75. The molecule has 0 radical (unpaired) electrons. The number of rotatable bonds is 6. The Hall–Kier alpha value is -2.27. The number of benzene rings is 1. The minimum absolute atomic E-state index is 0.490. The summed E-state index contributed by atoms with van der Waals surface area (Å²) in [4.78, 5) is 6.91. The van der Waals surface area contributed by atoms with Gasteiger partial charge in [0.15, 0.2) is 0 Å². The minimum atomic E-state index is 0.490. The largest absolute Gasteiger partial charge is 0.490 e. The van der Waals surface area contributed by atoms with Crippen molar-refractivity contribution >= 4 is 11.4 Å². The lowest BCUT2D eigenvalue weighted by atomic mass is 9.89. The molecule has 2 saturated heterocycles. The Morgan fingerprint density at radius 2 is 1.97 bits per heavy atom. The highest BCUT2D eigenvalue weighted by Gasteiger charge is 2.26. The average Bonchev–Trinajstić information content (AvgIpc) is 3.42. The Kier molecular flexibility index (Phi) is 5.57. The van der Waals surface area contributed by atoms with Gasteiger partial charge in [0.2, 0.25) is 0 Å².